The van der Waals surface area contributed by atoms with Gasteiger partial charge in [-0.2, -0.15) is 0 Å². The highest BCUT2D eigenvalue weighted by Crippen LogP contribution is 2.26. The molecule has 0 aliphatic heterocycles. The van der Waals surface area contributed by atoms with E-state index in [2.05, 4.69) is 5.32 Å². The summed E-state index contributed by atoms with van der Waals surface area (Å²) in [6, 6.07) is 5.30. The molecule has 0 radical (unpaired) electrons. The van der Waals surface area contributed by atoms with Gasteiger partial charge in [-0.25, -0.2) is 0 Å². The molecule has 1 amide bonds. The van der Waals surface area contributed by atoms with Gasteiger partial charge in [-0.1, -0.05) is 6.42 Å². The van der Waals surface area contributed by atoms with Crippen LogP contribution in [0.2, 0.25) is 0 Å². The summed E-state index contributed by atoms with van der Waals surface area (Å²) in [4.78, 5) is 13.5. The van der Waals surface area contributed by atoms with Crippen molar-refractivity contribution in [3.05, 3.63) is 23.8 Å². The van der Waals surface area contributed by atoms with Crippen molar-refractivity contribution < 1.29 is 9.90 Å². The van der Waals surface area contributed by atoms with Gasteiger partial charge in [0.05, 0.1) is 17.5 Å². The Morgan fingerprint density at radius 2 is 2.19 bits per heavy atom. The van der Waals surface area contributed by atoms with Crippen LogP contribution in [0.5, 0.6) is 0 Å². The average Bonchev–Trinajstić information content (AvgIpc) is 2.45. The number of nitrogens with zero attached hydrogens (tertiary/aromatic N) is 1. The number of carbonyl (C=O) groups excluding carboxylic acids is 1. The Labute approximate surface area is 126 Å². The number of nitrogen functional groups attached to an aromatic ring is 1. The third kappa shape index (κ3) is 4.11. The molecule has 1 aliphatic carbocycles. The third-order valence-electron chi connectivity index (χ3n) is 4.04. The largest absolute Gasteiger partial charge is 0.397 e. The fourth-order valence-electron chi connectivity index (χ4n) is 2.80. The van der Waals surface area contributed by atoms with Crippen molar-refractivity contribution in [3.8, 4) is 0 Å². The van der Waals surface area contributed by atoms with Crippen LogP contribution in [0.4, 0.5) is 11.4 Å². The van der Waals surface area contributed by atoms with E-state index >= 15 is 0 Å². The number of amides is 1. The highest BCUT2D eigenvalue weighted by atomic mass is 16.3. The van der Waals surface area contributed by atoms with Crippen LogP contribution in [0.25, 0.3) is 0 Å². The van der Waals surface area contributed by atoms with Crippen LogP contribution in [0.1, 0.15) is 36.0 Å². The minimum Gasteiger partial charge on any atom is -0.397 e. The van der Waals surface area contributed by atoms with Crippen molar-refractivity contribution in [3.63, 3.8) is 0 Å². The fourth-order valence-corrected chi connectivity index (χ4v) is 2.80. The second kappa shape index (κ2) is 6.80. The Morgan fingerprint density at radius 1 is 1.43 bits per heavy atom. The summed E-state index contributed by atoms with van der Waals surface area (Å²) in [6.07, 6.45) is 3.77. The Morgan fingerprint density at radius 3 is 2.86 bits per heavy atom. The number of hydrogen-bond donors (Lipinski definition) is 3. The number of aliphatic hydroxyl groups excluding tert-OH is 1. The smallest absolute Gasteiger partial charge is 0.253 e. The number of nitrogens with one attached hydrogen (secondary N) is 1. The standard InChI is InChI=1S/C16H25N3O2/c1-19(2)16(21)12-6-7-14(17)15(9-12)18-10-11-4-3-5-13(20)8-11/h6-7,9,11,13,18,20H,3-5,8,10,17H2,1-2H3. The van der Waals surface area contributed by atoms with Gasteiger partial charge in [-0.3, -0.25) is 4.79 Å². The lowest BCUT2D eigenvalue weighted by Crippen LogP contribution is -2.25. The SMILES string of the molecule is CN(C)C(=O)c1ccc(N)c(NCC2CCCC(O)C2)c1. The summed E-state index contributed by atoms with van der Waals surface area (Å²) in [5.41, 5.74) is 8.03. The summed E-state index contributed by atoms with van der Waals surface area (Å²) in [6.45, 7) is 0.779. The minimum absolute atomic E-state index is 0.0360. The van der Waals surface area contributed by atoms with Crippen LogP contribution in [0.3, 0.4) is 0 Å². The number of benzene rings is 1. The molecule has 2 unspecified atom stereocenters. The van der Waals surface area contributed by atoms with Gasteiger partial charge >= 0.3 is 0 Å². The molecule has 4 N–H and O–H groups in total. The zero-order valence-electron chi connectivity index (χ0n) is 12.8. The van der Waals surface area contributed by atoms with E-state index in [9.17, 15) is 9.90 Å². The first kappa shape index (κ1) is 15.6. The normalized spacial score (nSPS) is 21.9. The van der Waals surface area contributed by atoms with Crippen molar-refractivity contribution in [1.82, 2.24) is 4.90 Å². The quantitative estimate of drug-likeness (QED) is 0.741. The number of aliphatic hydroxyl groups is 1. The summed E-state index contributed by atoms with van der Waals surface area (Å²) < 4.78 is 0. The molecular formula is C16H25N3O2. The molecule has 0 spiro atoms. The lowest BCUT2D eigenvalue weighted by atomic mass is 9.87. The third-order valence-corrected chi connectivity index (χ3v) is 4.04. The Bertz CT molecular complexity index is 502. The lowest BCUT2D eigenvalue weighted by molar-refractivity contribution is 0.0827. The van der Waals surface area contributed by atoms with Crippen LogP contribution in [0.15, 0.2) is 18.2 Å². The summed E-state index contributed by atoms with van der Waals surface area (Å²) >= 11 is 0. The monoisotopic (exact) mass is 291 g/mol. The molecule has 2 atom stereocenters. The van der Waals surface area contributed by atoms with E-state index in [0.29, 0.717) is 17.2 Å². The van der Waals surface area contributed by atoms with Crippen LogP contribution < -0.4 is 11.1 Å². The van der Waals surface area contributed by atoms with E-state index in [0.717, 1.165) is 37.9 Å². The summed E-state index contributed by atoms with van der Waals surface area (Å²) in [5, 5.41) is 13.0. The molecule has 1 fully saturated rings. The van der Waals surface area contributed by atoms with E-state index in [1.54, 1.807) is 37.2 Å². The van der Waals surface area contributed by atoms with Gasteiger partial charge in [0.1, 0.15) is 0 Å². The summed E-state index contributed by atoms with van der Waals surface area (Å²) in [7, 11) is 3.46. The number of anilines is 2. The highest BCUT2D eigenvalue weighted by Gasteiger charge is 2.20. The topological polar surface area (TPSA) is 78.6 Å². The van der Waals surface area contributed by atoms with Gasteiger partial charge in [0, 0.05) is 26.2 Å². The maximum Gasteiger partial charge on any atom is 0.253 e. The fraction of sp³-hybridized carbons (Fsp3) is 0.562. The maximum atomic E-state index is 12.0. The molecule has 0 bridgehead atoms. The number of hydrogen-bond acceptors (Lipinski definition) is 4. The molecule has 0 heterocycles. The average molecular weight is 291 g/mol. The zero-order chi connectivity index (χ0) is 15.4. The van der Waals surface area contributed by atoms with Crippen LogP contribution in [-0.4, -0.2) is 42.7 Å². The molecule has 116 valence electrons. The molecule has 21 heavy (non-hydrogen) atoms. The van der Waals surface area contributed by atoms with E-state index in [1.807, 2.05) is 0 Å². The molecule has 1 aromatic carbocycles. The van der Waals surface area contributed by atoms with Crippen LogP contribution in [0, 0.1) is 5.92 Å². The first-order valence-corrected chi connectivity index (χ1v) is 7.50. The lowest BCUT2D eigenvalue weighted by Gasteiger charge is -2.26. The van der Waals surface area contributed by atoms with Crippen molar-refractivity contribution in [2.45, 2.75) is 31.8 Å². The second-order valence-electron chi connectivity index (χ2n) is 6.07. The second-order valence-corrected chi connectivity index (χ2v) is 6.07. The molecule has 2 rings (SSSR count). The first-order chi connectivity index (χ1) is 9.97. The Balaban J connectivity index is 2.02. The molecule has 0 saturated heterocycles. The molecular weight excluding hydrogens is 266 g/mol. The Kier molecular flexibility index (Phi) is 5.07. The highest BCUT2D eigenvalue weighted by molar-refractivity contribution is 5.95. The van der Waals surface area contributed by atoms with Crippen molar-refractivity contribution in [2.75, 3.05) is 31.7 Å². The van der Waals surface area contributed by atoms with Gasteiger partial charge < -0.3 is 21.1 Å². The van der Waals surface area contributed by atoms with E-state index in [-0.39, 0.29) is 12.0 Å². The molecule has 0 aromatic heterocycles. The predicted molar refractivity (Wildman–Crippen MR) is 85.3 cm³/mol. The maximum absolute atomic E-state index is 12.0. The van der Waals surface area contributed by atoms with Gasteiger partial charge in [-0.15, -0.1) is 0 Å². The molecule has 5 heteroatoms. The van der Waals surface area contributed by atoms with E-state index < -0.39 is 0 Å². The Hall–Kier alpha value is -1.75. The van der Waals surface area contributed by atoms with E-state index in [1.165, 1.54) is 0 Å². The van der Waals surface area contributed by atoms with Crippen LogP contribution >= 0.6 is 0 Å². The van der Waals surface area contributed by atoms with E-state index in [4.69, 9.17) is 5.73 Å². The molecule has 5 nitrogen and oxygen atoms in total. The van der Waals surface area contributed by atoms with Crippen LogP contribution in [-0.2, 0) is 0 Å². The van der Waals surface area contributed by atoms with Crippen molar-refractivity contribution >= 4 is 17.3 Å². The van der Waals surface area contributed by atoms with Gasteiger partial charge in [0.2, 0.25) is 0 Å². The molecule has 1 saturated carbocycles. The van der Waals surface area contributed by atoms with Gasteiger partial charge in [-0.05, 0) is 43.4 Å². The van der Waals surface area contributed by atoms with Gasteiger partial charge in [0.25, 0.3) is 5.91 Å². The minimum atomic E-state index is -0.176. The molecule has 1 aliphatic rings. The number of carbonyl (C=O) groups is 1. The first-order valence-electron chi connectivity index (χ1n) is 7.50. The predicted octanol–water partition coefficient (Wildman–Crippen LogP) is 1.93. The molecule has 1 aromatic rings. The van der Waals surface area contributed by atoms with Gasteiger partial charge in [0.15, 0.2) is 0 Å². The van der Waals surface area contributed by atoms with Crippen molar-refractivity contribution in [2.24, 2.45) is 5.92 Å². The zero-order valence-corrected chi connectivity index (χ0v) is 12.8. The number of nitrogens with two attached hydrogens (primary N) is 1. The number of rotatable bonds is 4. The summed E-state index contributed by atoms with van der Waals surface area (Å²) in [5.74, 6) is 0.424. The van der Waals surface area contributed by atoms with Crippen molar-refractivity contribution in [1.29, 1.82) is 0 Å².